The number of amides is 1. The molecule has 2 aromatic carbocycles. The number of nitrogens with one attached hydrogen (secondary N) is 1. The summed E-state index contributed by atoms with van der Waals surface area (Å²) in [7, 11) is -1.47. The molecule has 1 amide bonds. The quantitative estimate of drug-likeness (QED) is 0.233. The van der Waals surface area contributed by atoms with Crippen LogP contribution in [-0.2, 0) is 27.8 Å². The Balaban J connectivity index is 1.95. The fraction of sp³-hybridized carbons (Fsp3) is 0.385. The van der Waals surface area contributed by atoms with Crippen molar-refractivity contribution in [2.75, 3.05) is 20.8 Å². The van der Waals surface area contributed by atoms with Gasteiger partial charge in [-0.2, -0.15) is 5.10 Å². The molecule has 1 heterocycles. The first-order chi connectivity index (χ1) is 19.7. The van der Waals surface area contributed by atoms with Crippen LogP contribution in [0.3, 0.4) is 0 Å². The number of sulfonamides is 1. The molecule has 16 heteroatoms. The van der Waals surface area contributed by atoms with E-state index < -0.39 is 50.2 Å². The normalized spacial score (nSPS) is 11.8. The lowest BCUT2D eigenvalue weighted by Gasteiger charge is -2.34. The van der Waals surface area contributed by atoms with Crippen LogP contribution in [0, 0.1) is 10.1 Å². The minimum Gasteiger partial charge on any atom is -0.497 e. The molecule has 0 spiro atoms. The molecule has 0 aliphatic rings. The third-order valence-electron chi connectivity index (χ3n) is 5.98. The summed E-state index contributed by atoms with van der Waals surface area (Å²) in [4.78, 5) is 24.0. The molecule has 3 aromatic rings. The van der Waals surface area contributed by atoms with Crippen molar-refractivity contribution in [3.05, 3.63) is 70.0 Å². The van der Waals surface area contributed by atoms with E-state index in [0.29, 0.717) is 22.6 Å². The van der Waals surface area contributed by atoms with E-state index in [2.05, 4.69) is 9.82 Å². The highest BCUT2D eigenvalue weighted by molar-refractivity contribution is 7.89. The number of ether oxygens (including phenoxy) is 3. The van der Waals surface area contributed by atoms with Crippen LogP contribution in [0.5, 0.6) is 11.5 Å². The maximum Gasteiger partial charge on any atom is 0.410 e. The highest BCUT2D eigenvalue weighted by Crippen LogP contribution is 2.28. The largest absolute Gasteiger partial charge is 0.497 e. The first-order valence-corrected chi connectivity index (χ1v) is 13.9. The fourth-order valence-electron chi connectivity index (χ4n) is 3.81. The second-order valence-corrected chi connectivity index (χ2v) is 11.7. The van der Waals surface area contributed by atoms with Crippen molar-refractivity contribution in [2.24, 2.45) is 0 Å². The maximum atomic E-state index is 13.5. The zero-order valence-corrected chi connectivity index (χ0v) is 24.4. The predicted molar refractivity (Wildman–Crippen MR) is 146 cm³/mol. The van der Waals surface area contributed by atoms with Gasteiger partial charge in [0.1, 0.15) is 16.4 Å². The molecule has 0 saturated carbocycles. The van der Waals surface area contributed by atoms with Gasteiger partial charge in [-0.15, -0.1) is 0 Å². The Morgan fingerprint density at radius 1 is 1.17 bits per heavy atom. The first kappa shape index (κ1) is 32.2. The van der Waals surface area contributed by atoms with E-state index in [1.54, 1.807) is 39.0 Å². The standard InChI is InChI=1S/C26H31F2N5O8S/c1-26(2,3)31(25(34)41-16-24(27)28)14-17-12-29-32(15-17)21-9-7-19(33(35)36)10-23(21)42(37,38)30-13-18-6-8-20(39-4)11-22(18)40-5/h6-12,15,24,30H,13-14,16H2,1-5H3. The molecule has 1 aromatic heterocycles. The van der Waals surface area contributed by atoms with Gasteiger partial charge in [0.25, 0.3) is 12.1 Å². The van der Waals surface area contributed by atoms with E-state index in [0.717, 1.165) is 12.1 Å². The minimum atomic E-state index is -4.36. The zero-order valence-electron chi connectivity index (χ0n) is 23.5. The zero-order chi connectivity index (χ0) is 31.2. The number of hydrogen-bond donors (Lipinski definition) is 1. The van der Waals surface area contributed by atoms with Gasteiger partial charge in [0.05, 0.1) is 37.6 Å². The second kappa shape index (κ2) is 13.1. The number of aromatic nitrogens is 2. The van der Waals surface area contributed by atoms with Crippen LogP contribution in [0.2, 0.25) is 0 Å². The van der Waals surface area contributed by atoms with Gasteiger partial charge in [-0.05, 0) is 32.9 Å². The third kappa shape index (κ3) is 7.91. The van der Waals surface area contributed by atoms with E-state index in [-0.39, 0.29) is 18.8 Å². The number of non-ortho nitro benzene ring substituents is 1. The van der Waals surface area contributed by atoms with Crippen LogP contribution in [0.4, 0.5) is 19.3 Å². The lowest BCUT2D eigenvalue weighted by atomic mass is 10.1. The van der Waals surface area contributed by atoms with Crippen LogP contribution >= 0.6 is 0 Å². The second-order valence-electron chi connectivity index (χ2n) is 9.93. The number of methoxy groups -OCH3 is 2. The molecule has 42 heavy (non-hydrogen) atoms. The highest BCUT2D eigenvalue weighted by atomic mass is 32.2. The fourth-order valence-corrected chi connectivity index (χ4v) is 5.03. The molecule has 3 rings (SSSR count). The van der Waals surface area contributed by atoms with Crippen LogP contribution < -0.4 is 14.2 Å². The molecule has 0 unspecified atom stereocenters. The number of nitro benzene ring substituents is 1. The molecule has 1 N–H and O–H groups in total. The Morgan fingerprint density at radius 3 is 2.48 bits per heavy atom. The molecule has 0 bridgehead atoms. The summed E-state index contributed by atoms with van der Waals surface area (Å²) in [5, 5.41) is 15.7. The van der Waals surface area contributed by atoms with E-state index in [9.17, 15) is 32.1 Å². The molecule has 13 nitrogen and oxygen atoms in total. The molecular formula is C26H31F2N5O8S. The third-order valence-corrected chi connectivity index (χ3v) is 7.41. The number of halogens is 2. The molecule has 0 radical (unpaired) electrons. The topological polar surface area (TPSA) is 155 Å². The number of carbonyl (C=O) groups excluding carboxylic acids is 1. The van der Waals surface area contributed by atoms with Crippen LogP contribution in [-0.4, -0.2) is 66.9 Å². The first-order valence-electron chi connectivity index (χ1n) is 12.4. The van der Waals surface area contributed by atoms with Gasteiger partial charge in [0, 0.05) is 47.6 Å². The summed E-state index contributed by atoms with van der Waals surface area (Å²) in [5.41, 5.74) is -0.402. The average molecular weight is 612 g/mol. The SMILES string of the molecule is COc1ccc(CNS(=O)(=O)c2cc([N+](=O)[O-])ccc2-n2cc(CN(C(=O)OCC(F)F)C(C)(C)C)cn2)c(OC)c1. The molecule has 0 aliphatic carbocycles. The van der Waals surface area contributed by atoms with Crippen LogP contribution in [0.15, 0.2) is 53.7 Å². The molecule has 228 valence electrons. The summed E-state index contributed by atoms with van der Waals surface area (Å²) in [6.45, 7) is 3.69. The van der Waals surface area contributed by atoms with Crippen molar-refractivity contribution < 1.29 is 41.1 Å². The summed E-state index contributed by atoms with van der Waals surface area (Å²) in [6.07, 6.45) is -1.02. The summed E-state index contributed by atoms with van der Waals surface area (Å²) < 4.78 is 70.9. The number of hydrogen-bond acceptors (Lipinski definition) is 9. The van der Waals surface area contributed by atoms with Gasteiger partial charge >= 0.3 is 6.09 Å². The summed E-state index contributed by atoms with van der Waals surface area (Å²) in [5.74, 6) is 0.865. The van der Waals surface area contributed by atoms with Crippen molar-refractivity contribution in [1.29, 1.82) is 0 Å². The number of nitrogens with zero attached hydrogens (tertiary/aromatic N) is 4. The Labute approximate surface area is 241 Å². The molecular weight excluding hydrogens is 580 g/mol. The van der Waals surface area contributed by atoms with E-state index >= 15 is 0 Å². The molecule has 0 atom stereocenters. The van der Waals surface area contributed by atoms with Crippen LogP contribution in [0.1, 0.15) is 31.9 Å². The number of rotatable bonds is 12. The van der Waals surface area contributed by atoms with Gasteiger partial charge in [-0.3, -0.25) is 15.0 Å². The van der Waals surface area contributed by atoms with Gasteiger partial charge in [0.2, 0.25) is 10.0 Å². The lowest BCUT2D eigenvalue weighted by molar-refractivity contribution is -0.385. The summed E-state index contributed by atoms with van der Waals surface area (Å²) in [6, 6.07) is 8.09. The van der Waals surface area contributed by atoms with E-state index in [1.165, 1.54) is 42.3 Å². The smallest absolute Gasteiger partial charge is 0.410 e. The van der Waals surface area contributed by atoms with Crippen molar-refractivity contribution in [1.82, 2.24) is 19.4 Å². The van der Waals surface area contributed by atoms with E-state index in [1.807, 2.05) is 0 Å². The Bertz CT molecular complexity index is 1540. The van der Waals surface area contributed by atoms with Crippen molar-refractivity contribution in [3.63, 3.8) is 0 Å². The minimum absolute atomic E-state index is 0.0105. The van der Waals surface area contributed by atoms with Gasteiger partial charge in [-0.25, -0.2) is 31.4 Å². The monoisotopic (exact) mass is 611 g/mol. The van der Waals surface area contributed by atoms with Crippen molar-refractivity contribution in [3.8, 4) is 17.2 Å². The Hall–Kier alpha value is -4.31. The lowest BCUT2D eigenvalue weighted by Crippen LogP contribution is -2.45. The number of benzene rings is 2. The average Bonchev–Trinajstić information content (AvgIpc) is 3.41. The highest BCUT2D eigenvalue weighted by Gasteiger charge is 2.30. The van der Waals surface area contributed by atoms with Crippen molar-refractivity contribution >= 4 is 21.8 Å². The molecule has 0 saturated heterocycles. The van der Waals surface area contributed by atoms with Crippen molar-refractivity contribution in [2.45, 2.75) is 50.7 Å². The van der Waals surface area contributed by atoms with E-state index in [4.69, 9.17) is 14.2 Å². The van der Waals surface area contributed by atoms with Gasteiger partial charge in [-0.1, -0.05) is 6.07 Å². The number of nitro groups is 1. The predicted octanol–water partition coefficient (Wildman–Crippen LogP) is 4.28. The molecule has 0 aliphatic heterocycles. The van der Waals surface area contributed by atoms with Crippen LogP contribution in [0.25, 0.3) is 5.69 Å². The maximum absolute atomic E-state index is 13.5. The van der Waals surface area contributed by atoms with Gasteiger partial charge in [0.15, 0.2) is 6.61 Å². The summed E-state index contributed by atoms with van der Waals surface area (Å²) >= 11 is 0. The van der Waals surface area contributed by atoms with Gasteiger partial charge < -0.3 is 14.2 Å². The number of carbonyl (C=O) groups is 1. The number of alkyl halides is 2. The Morgan fingerprint density at radius 2 is 1.88 bits per heavy atom. The Kier molecular flexibility index (Phi) is 10.1. The molecule has 0 fully saturated rings.